The lowest BCUT2D eigenvalue weighted by atomic mass is 9.91. The Morgan fingerprint density at radius 2 is 2.05 bits per heavy atom. The molecule has 2 nitrogen and oxygen atoms in total. The van der Waals surface area contributed by atoms with Gasteiger partial charge in [0.2, 0.25) is 0 Å². The van der Waals surface area contributed by atoms with E-state index in [2.05, 4.69) is 29.6 Å². The van der Waals surface area contributed by atoms with Crippen molar-refractivity contribution in [2.45, 2.75) is 12.5 Å². The number of fused-ring (bicyclic) bond motifs is 2. The minimum Gasteiger partial charge on any atom is -0.312 e. The van der Waals surface area contributed by atoms with Crippen molar-refractivity contribution in [2.24, 2.45) is 0 Å². The molecule has 20 heavy (non-hydrogen) atoms. The second-order valence-corrected chi connectivity index (χ2v) is 6.46. The number of benzene rings is 2. The van der Waals surface area contributed by atoms with Gasteiger partial charge < -0.3 is 5.32 Å². The first-order valence-corrected chi connectivity index (χ1v) is 7.86. The van der Waals surface area contributed by atoms with Crippen LogP contribution >= 0.6 is 22.9 Å². The Balaban J connectivity index is 1.86. The number of rotatable bonds is 1. The molecule has 0 saturated carbocycles. The highest BCUT2D eigenvalue weighted by molar-refractivity contribution is 7.19. The van der Waals surface area contributed by atoms with Gasteiger partial charge in [0.1, 0.15) is 5.01 Å². The van der Waals surface area contributed by atoms with Crippen LogP contribution < -0.4 is 5.32 Å². The summed E-state index contributed by atoms with van der Waals surface area (Å²) in [7, 11) is 0. The van der Waals surface area contributed by atoms with Crippen molar-refractivity contribution in [3.05, 3.63) is 63.6 Å². The van der Waals surface area contributed by atoms with Crippen molar-refractivity contribution in [3.8, 4) is 0 Å². The average Bonchev–Trinajstić information content (AvgIpc) is 2.92. The SMILES string of the molecule is Clc1cccc2nc(C3CNCc4ccccc43)sc12. The standard InChI is InChI=1S/C16H13ClN2S/c17-13-6-3-7-14-15(13)20-16(19-14)12-9-18-8-10-4-1-2-5-11(10)12/h1-7,12,18H,8-9H2. The first kappa shape index (κ1) is 12.3. The van der Waals surface area contributed by atoms with Crippen molar-refractivity contribution in [1.82, 2.24) is 10.3 Å². The predicted octanol–water partition coefficient (Wildman–Crippen LogP) is 4.18. The van der Waals surface area contributed by atoms with Gasteiger partial charge in [0.15, 0.2) is 0 Å². The van der Waals surface area contributed by atoms with Gasteiger partial charge in [-0.15, -0.1) is 11.3 Å². The van der Waals surface area contributed by atoms with Crippen LogP contribution in [0, 0.1) is 0 Å². The Labute approximate surface area is 126 Å². The van der Waals surface area contributed by atoms with Gasteiger partial charge in [0.05, 0.1) is 15.2 Å². The molecule has 0 amide bonds. The lowest BCUT2D eigenvalue weighted by Crippen LogP contribution is -2.28. The van der Waals surface area contributed by atoms with E-state index in [9.17, 15) is 0 Å². The molecule has 0 radical (unpaired) electrons. The van der Waals surface area contributed by atoms with E-state index in [0.29, 0.717) is 5.92 Å². The van der Waals surface area contributed by atoms with E-state index in [0.717, 1.165) is 33.3 Å². The topological polar surface area (TPSA) is 24.9 Å². The van der Waals surface area contributed by atoms with E-state index < -0.39 is 0 Å². The summed E-state index contributed by atoms with van der Waals surface area (Å²) < 4.78 is 1.09. The molecule has 1 aromatic heterocycles. The monoisotopic (exact) mass is 300 g/mol. The highest BCUT2D eigenvalue weighted by Crippen LogP contribution is 2.37. The molecule has 1 atom stereocenters. The molecule has 1 aliphatic rings. The van der Waals surface area contributed by atoms with E-state index in [1.165, 1.54) is 11.1 Å². The Hall–Kier alpha value is -1.42. The number of hydrogen-bond acceptors (Lipinski definition) is 3. The third-order valence-corrected chi connectivity index (χ3v) is 5.42. The Morgan fingerprint density at radius 3 is 2.95 bits per heavy atom. The fraction of sp³-hybridized carbons (Fsp3) is 0.188. The molecule has 4 heteroatoms. The molecule has 0 fully saturated rings. The molecule has 2 heterocycles. The smallest absolute Gasteiger partial charge is 0.103 e. The van der Waals surface area contributed by atoms with Crippen LogP contribution in [0.1, 0.15) is 22.1 Å². The van der Waals surface area contributed by atoms with E-state index >= 15 is 0 Å². The van der Waals surface area contributed by atoms with Crippen LogP contribution in [0.4, 0.5) is 0 Å². The molecular formula is C16H13ClN2S. The molecule has 100 valence electrons. The van der Waals surface area contributed by atoms with Gasteiger partial charge in [-0.3, -0.25) is 0 Å². The van der Waals surface area contributed by atoms with Crippen LogP contribution in [0.25, 0.3) is 10.2 Å². The number of thiazole rings is 1. The third-order valence-electron chi connectivity index (χ3n) is 3.78. The number of hydrogen-bond donors (Lipinski definition) is 1. The number of nitrogens with zero attached hydrogens (tertiary/aromatic N) is 1. The summed E-state index contributed by atoms with van der Waals surface area (Å²) in [4.78, 5) is 4.79. The molecule has 1 unspecified atom stereocenters. The van der Waals surface area contributed by atoms with Crippen molar-refractivity contribution in [2.75, 3.05) is 6.54 Å². The second kappa shape index (κ2) is 4.85. The Kier molecular flexibility index (Phi) is 2.99. The predicted molar refractivity (Wildman–Crippen MR) is 84.6 cm³/mol. The van der Waals surface area contributed by atoms with Crippen LogP contribution in [0.5, 0.6) is 0 Å². The van der Waals surface area contributed by atoms with Gasteiger partial charge in [-0.1, -0.05) is 41.9 Å². The fourth-order valence-electron chi connectivity index (χ4n) is 2.80. The van der Waals surface area contributed by atoms with E-state index in [4.69, 9.17) is 16.6 Å². The molecule has 3 aromatic rings. The summed E-state index contributed by atoms with van der Waals surface area (Å²) in [6, 6.07) is 14.5. The van der Waals surface area contributed by atoms with Gasteiger partial charge in [-0.25, -0.2) is 4.98 Å². The van der Waals surface area contributed by atoms with Crippen molar-refractivity contribution in [3.63, 3.8) is 0 Å². The van der Waals surface area contributed by atoms with Gasteiger partial charge in [0, 0.05) is 19.0 Å². The quantitative estimate of drug-likeness (QED) is 0.729. The third kappa shape index (κ3) is 1.94. The zero-order valence-electron chi connectivity index (χ0n) is 10.8. The van der Waals surface area contributed by atoms with Gasteiger partial charge >= 0.3 is 0 Å². The summed E-state index contributed by atoms with van der Waals surface area (Å²) in [5, 5.41) is 5.42. The van der Waals surface area contributed by atoms with Crippen LogP contribution in [-0.4, -0.2) is 11.5 Å². The largest absolute Gasteiger partial charge is 0.312 e. The summed E-state index contributed by atoms with van der Waals surface area (Å²) in [5.74, 6) is 0.327. The van der Waals surface area contributed by atoms with Gasteiger partial charge in [-0.2, -0.15) is 0 Å². The first-order valence-electron chi connectivity index (χ1n) is 6.66. The number of nitrogens with one attached hydrogen (secondary N) is 1. The average molecular weight is 301 g/mol. The lowest BCUT2D eigenvalue weighted by molar-refractivity contribution is 0.590. The minimum absolute atomic E-state index is 0.327. The van der Waals surface area contributed by atoms with E-state index in [-0.39, 0.29) is 0 Å². The van der Waals surface area contributed by atoms with E-state index in [1.54, 1.807) is 11.3 Å². The summed E-state index contributed by atoms with van der Waals surface area (Å²) in [6.45, 7) is 1.88. The number of aromatic nitrogens is 1. The maximum Gasteiger partial charge on any atom is 0.103 e. The van der Waals surface area contributed by atoms with Gasteiger partial charge in [0.25, 0.3) is 0 Å². The Bertz CT molecular complexity index is 781. The normalized spacial score (nSPS) is 18.1. The molecule has 2 aromatic carbocycles. The maximum absolute atomic E-state index is 6.26. The van der Waals surface area contributed by atoms with Crippen molar-refractivity contribution < 1.29 is 0 Å². The fourth-order valence-corrected chi connectivity index (χ4v) is 4.17. The van der Waals surface area contributed by atoms with Crippen LogP contribution in [0.3, 0.4) is 0 Å². The summed E-state index contributed by atoms with van der Waals surface area (Å²) >= 11 is 7.98. The molecule has 0 aliphatic carbocycles. The Morgan fingerprint density at radius 1 is 1.15 bits per heavy atom. The van der Waals surface area contributed by atoms with E-state index in [1.807, 2.05) is 18.2 Å². The summed E-state index contributed by atoms with van der Waals surface area (Å²) in [5.41, 5.74) is 3.76. The van der Waals surface area contributed by atoms with Crippen molar-refractivity contribution in [1.29, 1.82) is 0 Å². The van der Waals surface area contributed by atoms with Crippen LogP contribution in [0.15, 0.2) is 42.5 Å². The molecular weight excluding hydrogens is 288 g/mol. The second-order valence-electron chi connectivity index (χ2n) is 5.02. The molecule has 4 rings (SSSR count). The molecule has 0 spiro atoms. The van der Waals surface area contributed by atoms with Crippen LogP contribution in [-0.2, 0) is 6.54 Å². The highest BCUT2D eigenvalue weighted by atomic mass is 35.5. The molecule has 0 saturated heterocycles. The summed E-state index contributed by atoms with van der Waals surface area (Å²) in [6.07, 6.45) is 0. The maximum atomic E-state index is 6.26. The molecule has 0 bridgehead atoms. The molecule has 1 aliphatic heterocycles. The minimum atomic E-state index is 0.327. The van der Waals surface area contributed by atoms with Crippen molar-refractivity contribution >= 4 is 33.2 Å². The number of halogens is 1. The lowest BCUT2D eigenvalue weighted by Gasteiger charge is -2.24. The van der Waals surface area contributed by atoms with Gasteiger partial charge in [-0.05, 0) is 23.3 Å². The zero-order chi connectivity index (χ0) is 13.5. The molecule has 1 N–H and O–H groups in total. The first-order chi connectivity index (χ1) is 9.83. The van der Waals surface area contributed by atoms with Crippen LogP contribution in [0.2, 0.25) is 5.02 Å². The highest BCUT2D eigenvalue weighted by Gasteiger charge is 2.24. The zero-order valence-corrected chi connectivity index (χ0v) is 12.3.